The van der Waals surface area contributed by atoms with Gasteiger partial charge in [0.15, 0.2) is 0 Å². The van der Waals surface area contributed by atoms with Gasteiger partial charge < -0.3 is 0 Å². The van der Waals surface area contributed by atoms with Gasteiger partial charge in [-0.1, -0.05) is 72.8 Å². The Balaban J connectivity index is 2.26. The van der Waals surface area contributed by atoms with E-state index < -0.39 is 0 Å². The molecule has 0 aliphatic heterocycles. The van der Waals surface area contributed by atoms with Crippen molar-refractivity contribution in [2.75, 3.05) is 0 Å². The number of allylic oxidation sites excluding steroid dienone is 4. The van der Waals surface area contributed by atoms with Crippen molar-refractivity contribution >= 4 is 5.57 Å². The topological polar surface area (TPSA) is 0 Å². The van der Waals surface area contributed by atoms with Crippen molar-refractivity contribution in [2.24, 2.45) is 0 Å². The standard InChI is InChI=1S/C18H18/c1-3-4-8-15(2)16-11-13-18(14-12-16)17-9-6-5-7-10-17/h3-14H,1-2H3. The van der Waals surface area contributed by atoms with Gasteiger partial charge in [0.25, 0.3) is 0 Å². The van der Waals surface area contributed by atoms with E-state index in [9.17, 15) is 0 Å². The van der Waals surface area contributed by atoms with Gasteiger partial charge in [-0.3, -0.25) is 0 Å². The average Bonchev–Trinajstić information content (AvgIpc) is 2.46. The Morgan fingerprint density at radius 2 is 1.44 bits per heavy atom. The molecule has 0 aliphatic rings. The third-order valence-electron chi connectivity index (χ3n) is 2.99. The van der Waals surface area contributed by atoms with Crippen LogP contribution in [0.5, 0.6) is 0 Å². The van der Waals surface area contributed by atoms with Gasteiger partial charge in [0.05, 0.1) is 0 Å². The maximum absolute atomic E-state index is 2.18. The Morgan fingerprint density at radius 1 is 0.833 bits per heavy atom. The van der Waals surface area contributed by atoms with Crippen molar-refractivity contribution in [2.45, 2.75) is 13.8 Å². The maximum atomic E-state index is 2.18. The Kier molecular flexibility index (Phi) is 4.14. The molecule has 0 amide bonds. The smallest absolute Gasteiger partial charge is 0.0184 e. The molecule has 90 valence electrons. The summed E-state index contributed by atoms with van der Waals surface area (Å²) in [5.74, 6) is 0. The SMILES string of the molecule is CC=CC=C(C)c1ccc(-c2ccccc2)cc1. The molecular formula is C18H18. The lowest BCUT2D eigenvalue weighted by molar-refractivity contribution is 1.54. The zero-order valence-corrected chi connectivity index (χ0v) is 10.9. The summed E-state index contributed by atoms with van der Waals surface area (Å²) < 4.78 is 0. The molecular weight excluding hydrogens is 216 g/mol. The lowest BCUT2D eigenvalue weighted by Crippen LogP contribution is -1.81. The van der Waals surface area contributed by atoms with Gasteiger partial charge in [0.2, 0.25) is 0 Å². The molecule has 18 heavy (non-hydrogen) atoms. The first-order chi connectivity index (χ1) is 8.81. The second-order valence-electron chi connectivity index (χ2n) is 4.32. The number of hydrogen-bond acceptors (Lipinski definition) is 0. The van der Waals surface area contributed by atoms with Crippen LogP contribution in [0.2, 0.25) is 0 Å². The van der Waals surface area contributed by atoms with Crippen LogP contribution in [0.4, 0.5) is 0 Å². The van der Waals surface area contributed by atoms with E-state index in [0.29, 0.717) is 0 Å². The molecule has 0 spiro atoms. The fraction of sp³-hybridized carbons (Fsp3) is 0.111. The lowest BCUT2D eigenvalue weighted by atomic mass is 10.0. The highest BCUT2D eigenvalue weighted by molar-refractivity contribution is 5.70. The van der Waals surface area contributed by atoms with E-state index in [2.05, 4.69) is 67.6 Å². The van der Waals surface area contributed by atoms with Crippen LogP contribution in [0.1, 0.15) is 19.4 Å². The zero-order valence-electron chi connectivity index (χ0n) is 10.9. The molecule has 0 saturated heterocycles. The van der Waals surface area contributed by atoms with Crippen molar-refractivity contribution < 1.29 is 0 Å². The monoisotopic (exact) mass is 234 g/mol. The van der Waals surface area contributed by atoms with Gasteiger partial charge in [0.1, 0.15) is 0 Å². The highest BCUT2D eigenvalue weighted by Gasteiger charge is 1.98. The molecule has 0 atom stereocenters. The van der Waals surface area contributed by atoms with Crippen LogP contribution in [0.25, 0.3) is 16.7 Å². The third kappa shape index (κ3) is 2.98. The van der Waals surface area contributed by atoms with Crippen molar-refractivity contribution in [3.05, 3.63) is 78.4 Å². The fourth-order valence-electron chi connectivity index (χ4n) is 1.89. The largest absolute Gasteiger partial charge is 0.0877 e. The lowest BCUT2D eigenvalue weighted by Gasteiger charge is -2.04. The molecule has 0 heterocycles. The molecule has 0 N–H and O–H groups in total. The quantitative estimate of drug-likeness (QED) is 0.629. The van der Waals surface area contributed by atoms with E-state index in [1.165, 1.54) is 22.3 Å². The van der Waals surface area contributed by atoms with E-state index in [4.69, 9.17) is 0 Å². The zero-order chi connectivity index (χ0) is 12.8. The molecule has 2 rings (SSSR count). The average molecular weight is 234 g/mol. The Hall–Kier alpha value is -2.08. The highest BCUT2D eigenvalue weighted by atomic mass is 14.0. The van der Waals surface area contributed by atoms with Crippen molar-refractivity contribution in [1.29, 1.82) is 0 Å². The molecule has 0 radical (unpaired) electrons. The molecule has 0 fully saturated rings. The molecule has 2 aromatic rings. The van der Waals surface area contributed by atoms with Gasteiger partial charge in [-0.2, -0.15) is 0 Å². The van der Waals surface area contributed by atoms with Crippen LogP contribution in [-0.4, -0.2) is 0 Å². The van der Waals surface area contributed by atoms with Crippen LogP contribution in [0, 0.1) is 0 Å². The number of benzene rings is 2. The Labute approximate surface area is 109 Å². The third-order valence-corrected chi connectivity index (χ3v) is 2.99. The Bertz CT molecular complexity index is 542. The number of hydrogen-bond donors (Lipinski definition) is 0. The van der Waals surface area contributed by atoms with E-state index in [-0.39, 0.29) is 0 Å². The minimum absolute atomic E-state index is 1.26. The summed E-state index contributed by atoms with van der Waals surface area (Å²) in [6.45, 7) is 4.17. The summed E-state index contributed by atoms with van der Waals surface area (Å²) in [5.41, 5.74) is 5.08. The normalized spacial score (nSPS) is 12.0. The van der Waals surface area contributed by atoms with Crippen LogP contribution in [0.3, 0.4) is 0 Å². The van der Waals surface area contributed by atoms with Gasteiger partial charge in [0, 0.05) is 0 Å². The predicted molar refractivity (Wildman–Crippen MR) is 80.3 cm³/mol. The fourth-order valence-corrected chi connectivity index (χ4v) is 1.89. The van der Waals surface area contributed by atoms with Gasteiger partial charge in [-0.15, -0.1) is 0 Å². The summed E-state index contributed by atoms with van der Waals surface area (Å²) >= 11 is 0. The van der Waals surface area contributed by atoms with Gasteiger partial charge in [-0.05, 0) is 36.1 Å². The second-order valence-corrected chi connectivity index (χ2v) is 4.32. The first kappa shape index (κ1) is 12.4. The molecule has 2 aromatic carbocycles. The van der Waals surface area contributed by atoms with Crippen LogP contribution >= 0.6 is 0 Å². The van der Waals surface area contributed by atoms with Gasteiger partial charge >= 0.3 is 0 Å². The minimum atomic E-state index is 1.26. The summed E-state index contributed by atoms with van der Waals surface area (Å²) in [5, 5.41) is 0. The van der Waals surface area contributed by atoms with Crippen LogP contribution in [-0.2, 0) is 0 Å². The maximum Gasteiger partial charge on any atom is -0.0184 e. The van der Waals surface area contributed by atoms with E-state index in [1.807, 2.05) is 19.1 Å². The van der Waals surface area contributed by atoms with E-state index >= 15 is 0 Å². The highest BCUT2D eigenvalue weighted by Crippen LogP contribution is 2.22. The molecule has 0 unspecified atom stereocenters. The Morgan fingerprint density at radius 3 is 2.06 bits per heavy atom. The summed E-state index contributed by atoms with van der Waals surface area (Å²) in [6, 6.07) is 19.2. The van der Waals surface area contributed by atoms with Gasteiger partial charge in [-0.25, -0.2) is 0 Å². The number of rotatable bonds is 3. The second kappa shape index (κ2) is 6.02. The molecule has 0 saturated carbocycles. The van der Waals surface area contributed by atoms with Crippen LogP contribution in [0.15, 0.2) is 72.8 Å². The van der Waals surface area contributed by atoms with E-state index in [1.54, 1.807) is 0 Å². The van der Waals surface area contributed by atoms with Crippen molar-refractivity contribution in [3.8, 4) is 11.1 Å². The molecule has 0 heteroatoms. The van der Waals surface area contributed by atoms with Crippen LogP contribution < -0.4 is 0 Å². The molecule has 0 aromatic heterocycles. The summed E-state index contributed by atoms with van der Waals surface area (Å²) in [7, 11) is 0. The van der Waals surface area contributed by atoms with Crippen molar-refractivity contribution in [3.63, 3.8) is 0 Å². The van der Waals surface area contributed by atoms with Crippen molar-refractivity contribution in [1.82, 2.24) is 0 Å². The summed E-state index contributed by atoms with van der Waals surface area (Å²) in [4.78, 5) is 0. The molecule has 0 aliphatic carbocycles. The van der Waals surface area contributed by atoms with E-state index in [0.717, 1.165) is 0 Å². The molecule has 0 bridgehead atoms. The summed E-state index contributed by atoms with van der Waals surface area (Å²) in [6.07, 6.45) is 6.25. The first-order valence-corrected chi connectivity index (χ1v) is 6.26. The first-order valence-electron chi connectivity index (χ1n) is 6.26. The minimum Gasteiger partial charge on any atom is -0.0877 e. The molecule has 0 nitrogen and oxygen atoms in total. The predicted octanol–water partition coefficient (Wildman–Crippen LogP) is 5.33.